The van der Waals surface area contributed by atoms with Crippen molar-refractivity contribution in [2.75, 3.05) is 5.32 Å². The third kappa shape index (κ3) is 4.12. The topological polar surface area (TPSA) is 76.7 Å². The van der Waals surface area contributed by atoms with E-state index in [0.717, 1.165) is 20.9 Å². The molecule has 0 unspecified atom stereocenters. The molecule has 6 nitrogen and oxygen atoms in total. The third-order valence-electron chi connectivity index (χ3n) is 3.49. The Labute approximate surface area is 162 Å². The fraction of sp³-hybridized carbons (Fsp3) is 0.176. The molecule has 0 fully saturated rings. The number of aromatic nitrogens is 4. The first-order valence-corrected chi connectivity index (χ1v) is 10.5. The summed E-state index contributed by atoms with van der Waals surface area (Å²) >= 11 is 4.66. The second kappa shape index (κ2) is 7.98. The van der Waals surface area contributed by atoms with E-state index in [1.165, 1.54) is 16.9 Å². The molecule has 1 aromatic carbocycles. The summed E-state index contributed by atoms with van der Waals surface area (Å²) in [4.78, 5) is 0.976. The van der Waals surface area contributed by atoms with Crippen molar-refractivity contribution in [1.82, 2.24) is 20.4 Å². The molecule has 4 rings (SSSR count). The zero-order valence-corrected chi connectivity index (χ0v) is 16.3. The smallest absolute Gasteiger partial charge is 0.257 e. The molecule has 1 atom stereocenters. The molecular formula is C17H15N5OS3. The molecule has 0 aliphatic heterocycles. The Balaban J connectivity index is 1.36. The van der Waals surface area contributed by atoms with Crippen LogP contribution in [-0.4, -0.2) is 20.4 Å². The number of nitrogens with one attached hydrogen (secondary N) is 1. The summed E-state index contributed by atoms with van der Waals surface area (Å²) in [7, 11) is 0. The number of anilines is 1. The summed E-state index contributed by atoms with van der Waals surface area (Å²) in [5, 5.41) is 22.8. The molecular weight excluding hydrogens is 386 g/mol. The Morgan fingerprint density at radius 3 is 2.77 bits per heavy atom. The molecule has 0 radical (unpaired) electrons. The van der Waals surface area contributed by atoms with Crippen molar-refractivity contribution in [3.8, 4) is 10.8 Å². The Kier molecular flexibility index (Phi) is 5.28. The van der Waals surface area contributed by atoms with Crippen LogP contribution in [0.4, 0.5) is 5.13 Å². The van der Waals surface area contributed by atoms with Crippen LogP contribution < -0.4 is 5.32 Å². The fourth-order valence-electron chi connectivity index (χ4n) is 2.20. The number of thiophene rings is 1. The summed E-state index contributed by atoms with van der Waals surface area (Å²) in [6.45, 7) is 2.75. The molecule has 0 saturated heterocycles. The number of thioether (sulfide) groups is 1. The van der Waals surface area contributed by atoms with Crippen LogP contribution in [-0.2, 0) is 6.54 Å². The first kappa shape index (κ1) is 17.2. The lowest BCUT2D eigenvalue weighted by Gasteiger charge is -2.02. The van der Waals surface area contributed by atoms with Gasteiger partial charge in [-0.15, -0.1) is 31.7 Å². The Morgan fingerprint density at radius 2 is 1.96 bits per heavy atom. The maximum absolute atomic E-state index is 5.78. The third-order valence-corrected chi connectivity index (χ3v) is 6.40. The highest BCUT2D eigenvalue weighted by Crippen LogP contribution is 2.37. The Morgan fingerprint density at radius 1 is 1.08 bits per heavy atom. The van der Waals surface area contributed by atoms with Gasteiger partial charge in [-0.2, -0.15) is 0 Å². The molecule has 0 aliphatic carbocycles. The number of rotatable bonds is 7. The summed E-state index contributed by atoms with van der Waals surface area (Å²) in [6, 6.07) is 14.1. The van der Waals surface area contributed by atoms with Crippen molar-refractivity contribution in [3.05, 3.63) is 59.3 Å². The first-order valence-electron chi connectivity index (χ1n) is 7.93. The fourth-order valence-corrected chi connectivity index (χ4v) is 4.77. The number of hydrogen-bond acceptors (Lipinski definition) is 9. The minimum Gasteiger partial charge on any atom is -0.419 e. The highest BCUT2D eigenvalue weighted by Gasteiger charge is 2.18. The minimum absolute atomic E-state index is 0.00568. The van der Waals surface area contributed by atoms with Gasteiger partial charge < -0.3 is 9.73 Å². The molecule has 9 heteroatoms. The summed E-state index contributed by atoms with van der Waals surface area (Å²) in [5.74, 6) is 1.15. The second-order valence-corrected chi connectivity index (χ2v) is 8.91. The standard InChI is InChI=1S/C17H15N5OS3/c1-11(14-19-20-15(23-14)13-8-5-9-24-13)25-17-22-21-16(26-17)18-10-12-6-3-2-4-7-12/h2-9,11H,10H2,1H3,(H,18,21)/t11-/m0/s1. The molecule has 3 aromatic heterocycles. The maximum Gasteiger partial charge on any atom is 0.257 e. The van der Waals surface area contributed by atoms with E-state index in [2.05, 4.69) is 37.8 Å². The largest absolute Gasteiger partial charge is 0.419 e. The lowest BCUT2D eigenvalue weighted by Crippen LogP contribution is -1.98. The van der Waals surface area contributed by atoms with Crippen molar-refractivity contribution in [3.63, 3.8) is 0 Å². The van der Waals surface area contributed by atoms with E-state index in [9.17, 15) is 0 Å². The van der Waals surface area contributed by atoms with Gasteiger partial charge in [0.25, 0.3) is 5.89 Å². The lowest BCUT2D eigenvalue weighted by atomic mass is 10.2. The molecule has 1 N–H and O–H groups in total. The lowest BCUT2D eigenvalue weighted by molar-refractivity contribution is 0.510. The van der Waals surface area contributed by atoms with E-state index in [0.29, 0.717) is 11.8 Å². The van der Waals surface area contributed by atoms with Crippen molar-refractivity contribution < 1.29 is 4.42 Å². The average molecular weight is 402 g/mol. The second-order valence-electron chi connectivity index (χ2n) is 5.40. The van der Waals surface area contributed by atoms with Crippen LogP contribution in [0.25, 0.3) is 10.8 Å². The molecule has 4 aromatic rings. The van der Waals surface area contributed by atoms with E-state index in [1.807, 2.05) is 42.6 Å². The molecule has 3 heterocycles. The highest BCUT2D eigenvalue weighted by atomic mass is 32.2. The van der Waals surface area contributed by atoms with Crippen LogP contribution in [0.3, 0.4) is 0 Å². The van der Waals surface area contributed by atoms with Gasteiger partial charge in [-0.25, -0.2) is 0 Å². The molecule has 26 heavy (non-hydrogen) atoms. The minimum atomic E-state index is 0.00568. The van der Waals surface area contributed by atoms with E-state index in [-0.39, 0.29) is 5.25 Å². The van der Waals surface area contributed by atoms with Crippen LogP contribution in [0.5, 0.6) is 0 Å². The van der Waals surface area contributed by atoms with E-state index < -0.39 is 0 Å². The van der Waals surface area contributed by atoms with Crippen molar-refractivity contribution in [1.29, 1.82) is 0 Å². The van der Waals surface area contributed by atoms with Gasteiger partial charge in [-0.3, -0.25) is 0 Å². The summed E-state index contributed by atoms with van der Waals surface area (Å²) in [5.41, 5.74) is 1.21. The van der Waals surface area contributed by atoms with Gasteiger partial charge in [0.05, 0.1) is 10.1 Å². The van der Waals surface area contributed by atoms with Crippen LogP contribution in [0.15, 0.2) is 56.6 Å². The van der Waals surface area contributed by atoms with Gasteiger partial charge in [0, 0.05) is 6.54 Å². The molecule has 0 bridgehead atoms. The number of nitrogens with zero attached hydrogens (tertiary/aromatic N) is 4. The van der Waals surface area contributed by atoms with Gasteiger partial charge in [0.2, 0.25) is 11.0 Å². The van der Waals surface area contributed by atoms with Crippen LogP contribution in [0.2, 0.25) is 0 Å². The Bertz CT molecular complexity index is 952. The van der Waals surface area contributed by atoms with Crippen LogP contribution in [0, 0.1) is 0 Å². The zero-order valence-electron chi connectivity index (χ0n) is 13.8. The molecule has 0 aliphatic rings. The normalized spacial score (nSPS) is 12.2. The maximum atomic E-state index is 5.78. The predicted molar refractivity (Wildman–Crippen MR) is 106 cm³/mol. The Hall–Kier alpha value is -2.23. The van der Waals surface area contributed by atoms with Crippen LogP contribution in [0.1, 0.15) is 23.6 Å². The SMILES string of the molecule is C[C@H](Sc1nnc(NCc2ccccc2)s1)c1nnc(-c2cccs2)o1. The molecule has 0 saturated carbocycles. The quantitative estimate of drug-likeness (QED) is 0.431. The van der Waals surface area contributed by atoms with Gasteiger partial charge in [-0.05, 0) is 23.9 Å². The predicted octanol–water partition coefficient (Wildman–Crippen LogP) is 5.12. The zero-order chi connectivity index (χ0) is 17.8. The van der Waals surface area contributed by atoms with Crippen molar-refractivity contribution in [2.45, 2.75) is 23.1 Å². The van der Waals surface area contributed by atoms with Gasteiger partial charge >= 0.3 is 0 Å². The average Bonchev–Trinajstić information content (AvgIpc) is 3.41. The molecule has 0 amide bonds. The van der Waals surface area contributed by atoms with Gasteiger partial charge in [-0.1, -0.05) is 59.5 Å². The summed E-state index contributed by atoms with van der Waals surface area (Å²) < 4.78 is 6.65. The number of benzene rings is 1. The van der Waals surface area contributed by atoms with Gasteiger partial charge in [0.1, 0.15) is 0 Å². The summed E-state index contributed by atoms with van der Waals surface area (Å²) in [6.07, 6.45) is 0. The van der Waals surface area contributed by atoms with E-state index >= 15 is 0 Å². The van der Waals surface area contributed by atoms with Crippen LogP contribution >= 0.6 is 34.4 Å². The molecule has 0 spiro atoms. The van der Waals surface area contributed by atoms with E-state index in [1.54, 1.807) is 23.1 Å². The van der Waals surface area contributed by atoms with Crippen molar-refractivity contribution in [2.24, 2.45) is 0 Å². The van der Waals surface area contributed by atoms with E-state index in [4.69, 9.17) is 4.42 Å². The van der Waals surface area contributed by atoms with Gasteiger partial charge in [0.15, 0.2) is 4.34 Å². The van der Waals surface area contributed by atoms with Crippen molar-refractivity contribution >= 4 is 39.6 Å². The number of hydrogen-bond donors (Lipinski definition) is 1. The molecule has 132 valence electrons. The monoisotopic (exact) mass is 401 g/mol. The first-order chi connectivity index (χ1) is 12.8. The highest BCUT2D eigenvalue weighted by molar-refractivity contribution is 8.01.